The first-order valence-electron chi connectivity index (χ1n) is 7.45. The predicted molar refractivity (Wildman–Crippen MR) is 87.8 cm³/mol. The molecule has 0 aliphatic carbocycles. The van der Waals surface area contributed by atoms with E-state index in [1.165, 1.54) is 6.07 Å². The van der Waals surface area contributed by atoms with Crippen LogP contribution in [0.15, 0.2) is 48.5 Å². The van der Waals surface area contributed by atoms with Gasteiger partial charge < -0.3 is 10.6 Å². The number of aryl methyl sites for hydroxylation is 1. The number of benzene rings is 2. The van der Waals surface area contributed by atoms with Gasteiger partial charge in [0.2, 0.25) is 5.91 Å². The molecule has 0 aromatic heterocycles. The van der Waals surface area contributed by atoms with E-state index in [1.807, 2.05) is 6.07 Å². The minimum Gasteiger partial charge on any atom is -0.352 e. The average molecular weight is 314 g/mol. The number of carbonyl (C=O) groups excluding carboxylic acids is 2. The Bertz CT molecular complexity index is 687. The van der Waals surface area contributed by atoms with Crippen molar-refractivity contribution in [2.24, 2.45) is 0 Å². The Morgan fingerprint density at radius 1 is 1.09 bits per heavy atom. The number of anilines is 1. The van der Waals surface area contributed by atoms with Gasteiger partial charge in [-0.25, -0.2) is 4.39 Å². The Kier molecular flexibility index (Phi) is 5.86. The van der Waals surface area contributed by atoms with E-state index >= 15 is 0 Å². The summed E-state index contributed by atoms with van der Waals surface area (Å²) in [5.74, 6) is -0.895. The molecule has 0 heterocycles. The first-order chi connectivity index (χ1) is 11.1. The molecule has 0 spiro atoms. The molecule has 120 valence electrons. The second-order valence-corrected chi connectivity index (χ2v) is 5.26. The van der Waals surface area contributed by atoms with Gasteiger partial charge >= 0.3 is 0 Å². The molecule has 0 fully saturated rings. The third kappa shape index (κ3) is 5.21. The lowest BCUT2D eigenvalue weighted by Gasteiger charge is -2.08. The number of amides is 2. The van der Waals surface area contributed by atoms with E-state index in [2.05, 4.69) is 10.6 Å². The summed E-state index contributed by atoms with van der Waals surface area (Å²) in [6.07, 6.45) is 0.695. The van der Waals surface area contributed by atoms with Gasteiger partial charge in [0.1, 0.15) is 5.82 Å². The molecular formula is C18H19FN2O2. The molecule has 0 radical (unpaired) electrons. The third-order valence-corrected chi connectivity index (χ3v) is 3.30. The van der Waals surface area contributed by atoms with Crippen molar-refractivity contribution in [1.29, 1.82) is 0 Å². The van der Waals surface area contributed by atoms with Crippen LogP contribution in [0.25, 0.3) is 0 Å². The molecule has 23 heavy (non-hydrogen) atoms. The highest BCUT2D eigenvalue weighted by molar-refractivity contribution is 5.94. The van der Waals surface area contributed by atoms with Crippen molar-refractivity contribution in [3.05, 3.63) is 65.5 Å². The number of hydrogen-bond donors (Lipinski definition) is 2. The summed E-state index contributed by atoms with van der Waals surface area (Å²) in [6, 6.07) is 13.5. The summed E-state index contributed by atoms with van der Waals surface area (Å²) in [4.78, 5) is 23.6. The van der Waals surface area contributed by atoms with Crippen LogP contribution >= 0.6 is 0 Å². The number of nitrogens with one attached hydrogen (secondary N) is 2. The number of hydrogen-bond acceptors (Lipinski definition) is 2. The summed E-state index contributed by atoms with van der Waals surface area (Å²) in [7, 11) is 0. The average Bonchev–Trinajstić information content (AvgIpc) is 2.55. The van der Waals surface area contributed by atoms with Crippen LogP contribution in [0.5, 0.6) is 0 Å². The normalized spacial score (nSPS) is 10.2. The Hall–Kier alpha value is -2.69. The van der Waals surface area contributed by atoms with Gasteiger partial charge in [0, 0.05) is 18.5 Å². The van der Waals surface area contributed by atoms with E-state index in [9.17, 15) is 14.0 Å². The zero-order chi connectivity index (χ0) is 16.7. The zero-order valence-electron chi connectivity index (χ0n) is 12.9. The van der Waals surface area contributed by atoms with Crippen LogP contribution in [-0.2, 0) is 4.79 Å². The van der Waals surface area contributed by atoms with Gasteiger partial charge in [-0.2, -0.15) is 0 Å². The van der Waals surface area contributed by atoms with E-state index in [0.29, 0.717) is 18.5 Å². The minimum atomic E-state index is -0.448. The van der Waals surface area contributed by atoms with E-state index in [0.717, 1.165) is 5.56 Å². The molecule has 2 rings (SSSR count). The SMILES string of the molecule is Cc1ccc(NC(=O)CCCNC(=O)c2ccccc2)c(F)c1. The van der Waals surface area contributed by atoms with Gasteiger partial charge in [0.05, 0.1) is 5.69 Å². The molecule has 2 aromatic carbocycles. The van der Waals surface area contributed by atoms with Crippen molar-refractivity contribution >= 4 is 17.5 Å². The van der Waals surface area contributed by atoms with Crippen molar-refractivity contribution in [1.82, 2.24) is 5.32 Å². The maximum atomic E-state index is 13.6. The number of carbonyl (C=O) groups is 2. The molecule has 0 aliphatic rings. The lowest BCUT2D eigenvalue weighted by atomic mass is 10.2. The third-order valence-electron chi connectivity index (χ3n) is 3.30. The van der Waals surface area contributed by atoms with E-state index in [4.69, 9.17) is 0 Å². The molecule has 2 aromatic rings. The molecule has 0 atom stereocenters. The highest BCUT2D eigenvalue weighted by Gasteiger charge is 2.08. The lowest BCUT2D eigenvalue weighted by Crippen LogP contribution is -2.25. The lowest BCUT2D eigenvalue weighted by molar-refractivity contribution is -0.116. The first kappa shape index (κ1) is 16.7. The molecule has 2 amide bonds. The Morgan fingerprint density at radius 2 is 1.83 bits per heavy atom. The first-order valence-corrected chi connectivity index (χ1v) is 7.45. The smallest absolute Gasteiger partial charge is 0.251 e. The van der Waals surface area contributed by atoms with Crippen molar-refractivity contribution < 1.29 is 14.0 Å². The van der Waals surface area contributed by atoms with Gasteiger partial charge in [-0.15, -0.1) is 0 Å². The summed E-state index contributed by atoms with van der Waals surface area (Å²) in [6.45, 7) is 2.17. The molecule has 5 heteroatoms. The van der Waals surface area contributed by atoms with Crippen molar-refractivity contribution in [2.75, 3.05) is 11.9 Å². The minimum absolute atomic E-state index is 0.171. The molecule has 0 saturated heterocycles. The monoisotopic (exact) mass is 314 g/mol. The van der Waals surface area contributed by atoms with Crippen LogP contribution < -0.4 is 10.6 Å². The van der Waals surface area contributed by atoms with E-state index < -0.39 is 5.82 Å². The van der Waals surface area contributed by atoms with Crippen LogP contribution in [0.3, 0.4) is 0 Å². The van der Waals surface area contributed by atoms with Gasteiger partial charge in [-0.05, 0) is 43.2 Å². The predicted octanol–water partition coefficient (Wildman–Crippen LogP) is 3.28. The molecule has 2 N–H and O–H groups in total. The quantitative estimate of drug-likeness (QED) is 0.804. The molecule has 0 unspecified atom stereocenters. The molecule has 4 nitrogen and oxygen atoms in total. The molecule has 0 saturated carbocycles. The second kappa shape index (κ2) is 8.08. The fourth-order valence-corrected chi connectivity index (χ4v) is 2.08. The topological polar surface area (TPSA) is 58.2 Å². The summed E-state index contributed by atoms with van der Waals surface area (Å²) in [5.41, 5.74) is 1.55. The fraction of sp³-hybridized carbons (Fsp3) is 0.222. The van der Waals surface area contributed by atoms with Crippen LogP contribution in [0.1, 0.15) is 28.8 Å². The number of rotatable bonds is 6. The molecule has 0 aliphatic heterocycles. The maximum absolute atomic E-state index is 13.6. The highest BCUT2D eigenvalue weighted by atomic mass is 19.1. The van der Waals surface area contributed by atoms with E-state index in [-0.39, 0.29) is 23.9 Å². The van der Waals surface area contributed by atoms with Crippen molar-refractivity contribution in [2.45, 2.75) is 19.8 Å². The Balaban J connectivity index is 1.72. The summed E-state index contributed by atoms with van der Waals surface area (Å²) < 4.78 is 13.6. The van der Waals surface area contributed by atoms with Gasteiger partial charge in [0.25, 0.3) is 5.91 Å². The summed E-state index contributed by atoms with van der Waals surface area (Å²) >= 11 is 0. The second-order valence-electron chi connectivity index (χ2n) is 5.26. The van der Waals surface area contributed by atoms with Crippen LogP contribution in [0, 0.1) is 12.7 Å². The van der Waals surface area contributed by atoms with Crippen LogP contribution in [0.4, 0.5) is 10.1 Å². The summed E-state index contributed by atoms with van der Waals surface area (Å²) in [5, 5.41) is 5.27. The Morgan fingerprint density at radius 3 is 2.52 bits per heavy atom. The molecule has 0 bridgehead atoms. The van der Waals surface area contributed by atoms with Crippen LogP contribution in [-0.4, -0.2) is 18.4 Å². The standard InChI is InChI=1S/C18H19FN2O2/c1-13-9-10-16(15(19)12-13)21-17(22)8-5-11-20-18(23)14-6-3-2-4-7-14/h2-4,6-7,9-10,12H,5,8,11H2,1H3,(H,20,23)(H,21,22). The maximum Gasteiger partial charge on any atom is 0.251 e. The van der Waals surface area contributed by atoms with Crippen LogP contribution in [0.2, 0.25) is 0 Å². The van der Waals surface area contributed by atoms with Crippen molar-refractivity contribution in [3.63, 3.8) is 0 Å². The Labute approximate surface area is 134 Å². The number of halogens is 1. The molecular weight excluding hydrogens is 295 g/mol. The van der Waals surface area contributed by atoms with Crippen molar-refractivity contribution in [3.8, 4) is 0 Å². The van der Waals surface area contributed by atoms with Gasteiger partial charge in [-0.1, -0.05) is 24.3 Å². The van der Waals surface area contributed by atoms with Gasteiger partial charge in [-0.3, -0.25) is 9.59 Å². The van der Waals surface area contributed by atoms with E-state index in [1.54, 1.807) is 43.3 Å². The highest BCUT2D eigenvalue weighted by Crippen LogP contribution is 2.15. The zero-order valence-corrected chi connectivity index (χ0v) is 12.9. The van der Waals surface area contributed by atoms with Gasteiger partial charge in [0.15, 0.2) is 0 Å². The largest absolute Gasteiger partial charge is 0.352 e. The fourth-order valence-electron chi connectivity index (χ4n) is 2.08.